The molecular formula is C47H35OP. The van der Waals surface area contributed by atoms with Crippen LogP contribution in [-0.4, -0.2) is 5.78 Å². The van der Waals surface area contributed by atoms with Crippen molar-refractivity contribution in [1.82, 2.24) is 0 Å². The van der Waals surface area contributed by atoms with Crippen molar-refractivity contribution in [2.24, 2.45) is 0 Å². The van der Waals surface area contributed by atoms with Crippen LogP contribution in [0.2, 0.25) is 0 Å². The fraction of sp³-hybridized carbons (Fsp3) is 0.0213. The van der Waals surface area contributed by atoms with Crippen LogP contribution < -0.4 is 15.8 Å². The molecule has 234 valence electrons. The minimum atomic E-state index is -2.82. The standard InChI is InChI=1S/C47H35OP/c48-46(38-27-13-4-14-28-38)47-45(43(35-21-7-1-8-22-35)36-23-9-2-10-24-36)44(37-25-11-3-12-26-37)41-33-19-20-34-42(41)49(47,39-29-15-5-16-30-39)40-31-17-6-18-32-40/h1-34,43H. The predicted octanol–water partition coefficient (Wildman–Crippen LogP) is 9.79. The van der Waals surface area contributed by atoms with Gasteiger partial charge in [0.25, 0.3) is 0 Å². The summed E-state index contributed by atoms with van der Waals surface area (Å²) in [5.41, 5.74) is 6.26. The lowest BCUT2D eigenvalue weighted by Crippen LogP contribution is -2.31. The van der Waals surface area contributed by atoms with Crippen molar-refractivity contribution in [1.29, 1.82) is 0 Å². The Labute approximate surface area is 288 Å². The number of allylic oxidation sites excluding steroid dienone is 2. The van der Waals surface area contributed by atoms with E-state index in [0.717, 1.165) is 43.8 Å². The molecule has 0 N–H and O–H groups in total. The van der Waals surface area contributed by atoms with Gasteiger partial charge in [0.1, 0.15) is 0 Å². The molecule has 2 heteroatoms. The molecule has 7 aromatic carbocycles. The topological polar surface area (TPSA) is 17.1 Å². The highest BCUT2D eigenvalue weighted by Crippen LogP contribution is 2.62. The second kappa shape index (κ2) is 13.4. The number of carbonyl (C=O) groups excluding carboxylic acids is 1. The van der Waals surface area contributed by atoms with Crippen LogP contribution in [-0.2, 0) is 0 Å². The summed E-state index contributed by atoms with van der Waals surface area (Å²) >= 11 is 0. The lowest BCUT2D eigenvalue weighted by atomic mass is 9.78. The first kappa shape index (κ1) is 30.6. The Morgan fingerprint density at radius 2 is 0.837 bits per heavy atom. The fourth-order valence-corrected chi connectivity index (χ4v) is 12.3. The minimum Gasteiger partial charge on any atom is -0.289 e. The SMILES string of the molecule is O=C(C1=C(C(c2ccccc2)c2ccccc2)C(c2ccccc2)=c2ccccc2=P1(c1ccccc1)c1ccccc1)c1ccccc1. The highest BCUT2D eigenvalue weighted by atomic mass is 31.2. The van der Waals surface area contributed by atoms with Crippen molar-refractivity contribution in [3.63, 3.8) is 0 Å². The first-order valence-electron chi connectivity index (χ1n) is 16.8. The average molecular weight is 647 g/mol. The number of fused-ring (bicyclic) bond motifs is 1. The van der Waals surface area contributed by atoms with E-state index in [0.29, 0.717) is 5.56 Å². The van der Waals surface area contributed by atoms with Crippen molar-refractivity contribution in [2.75, 3.05) is 0 Å². The first-order chi connectivity index (χ1) is 24.3. The van der Waals surface area contributed by atoms with Crippen molar-refractivity contribution >= 4 is 28.9 Å². The second-order valence-corrected chi connectivity index (χ2v) is 15.6. The van der Waals surface area contributed by atoms with Crippen LogP contribution in [0.15, 0.2) is 217 Å². The largest absolute Gasteiger partial charge is 0.289 e. The van der Waals surface area contributed by atoms with Gasteiger partial charge in [-0.3, -0.25) is 4.79 Å². The van der Waals surface area contributed by atoms with E-state index in [4.69, 9.17) is 0 Å². The molecule has 0 saturated carbocycles. The van der Waals surface area contributed by atoms with E-state index in [1.54, 1.807) is 0 Å². The highest BCUT2D eigenvalue weighted by molar-refractivity contribution is 7.87. The molecule has 8 rings (SSSR count). The molecule has 0 saturated heterocycles. The summed E-state index contributed by atoms with van der Waals surface area (Å²) in [5, 5.41) is 4.38. The van der Waals surface area contributed by atoms with Gasteiger partial charge in [-0.2, -0.15) is 0 Å². The maximum atomic E-state index is 15.9. The molecular weight excluding hydrogens is 611 g/mol. The normalized spacial score (nSPS) is 13.6. The van der Waals surface area contributed by atoms with Crippen LogP contribution in [0.1, 0.15) is 33.0 Å². The maximum absolute atomic E-state index is 15.9. The van der Waals surface area contributed by atoms with Gasteiger partial charge in [0.15, 0.2) is 5.78 Å². The van der Waals surface area contributed by atoms with E-state index in [-0.39, 0.29) is 11.7 Å². The van der Waals surface area contributed by atoms with E-state index in [2.05, 4.69) is 176 Å². The molecule has 0 aliphatic carbocycles. The third kappa shape index (κ3) is 5.34. The Bertz CT molecular complexity index is 2340. The first-order valence-corrected chi connectivity index (χ1v) is 18.5. The number of hydrogen-bond acceptors (Lipinski definition) is 1. The number of carbonyl (C=O) groups is 1. The smallest absolute Gasteiger partial charge is 0.194 e. The number of rotatable bonds is 8. The van der Waals surface area contributed by atoms with Crippen LogP contribution in [0, 0.1) is 4.94 Å². The molecule has 0 bridgehead atoms. The lowest BCUT2D eigenvalue weighted by molar-refractivity contribution is 0.104. The quantitative estimate of drug-likeness (QED) is 0.119. The fourth-order valence-electron chi connectivity index (χ4n) is 7.55. The Hall–Kier alpha value is -5.75. The van der Waals surface area contributed by atoms with Gasteiger partial charge in [0.05, 0.1) is 0 Å². The average Bonchev–Trinajstić information content (AvgIpc) is 3.19. The summed E-state index contributed by atoms with van der Waals surface area (Å²) in [6, 6.07) is 72.4. The van der Waals surface area contributed by atoms with Crippen molar-refractivity contribution < 1.29 is 4.79 Å². The molecule has 49 heavy (non-hydrogen) atoms. The Balaban J connectivity index is 1.71. The molecule has 1 nitrogen and oxygen atoms in total. The second-order valence-electron chi connectivity index (χ2n) is 12.3. The summed E-state index contributed by atoms with van der Waals surface area (Å²) in [5.74, 6) is -0.156. The van der Waals surface area contributed by atoms with Crippen LogP contribution in [0.4, 0.5) is 0 Å². The maximum Gasteiger partial charge on any atom is 0.194 e. The third-order valence-electron chi connectivity index (χ3n) is 9.55. The molecule has 7 aromatic rings. The molecule has 0 unspecified atom stereocenters. The van der Waals surface area contributed by atoms with Gasteiger partial charge in [0.2, 0.25) is 0 Å². The molecule has 0 amide bonds. The van der Waals surface area contributed by atoms with Gasteiger partial charge in [-0.05, 0) is 55.5 Å². The molecule has 1 aliphatic heterocycles. The molecule has 0 spiro atoms. The van der Waals surface area contributed by atoms with Crippen LogP contribution in [0.25, 0.3) is 5.57 Å². The van der Waals surface area contributed by atoms with Gasteiger partial charge >= 0.3 is 0 Å². The van der Waals surface area contributed by atoms with E-state index in [1.165, 1.54) is 10.2 Å². The van der Waals surface area contributed by atoms with Crippen molar-refractivity contribution in [3.8, 4) is 0 Å². The Kier molecular flexibility index (Phi) is 8.36. The number of Topliss-reactive ketones (excluding diaryl/α,β-unsaturated/α-hetero) is 1. The summed E-state index contributed by atoms with van der Waals surface area (Å²) in [6.07, 6.45) is 0. The minimum absolute atomic E-state index is 0.0661. The zero-order valence-corrected chi connectivity index (χ0v) is 28.0. The molecule has 0 atom stereocenters. The lowest BCUT2D eigenvalue weighted by Gasteiger charge is -2.38. The van der Waals surface area contributed by atoms with E-state index < -0.39 is 6.89 Å². The molecule has 1 aliphatic rings. The van der Waals surface area contributed by atoms with E-state index in [1.807, 2.05) is 30.3 Å². The van der Waals surface area contributed by atoms with Gasteiger partial charge in [0, 0.05) is 16.8 Å². The van der Waals surface area contributed by atoms with Crippen LogP contribution in [0.3, 0.4) is 0 Å². The predicted molar refractivity (Wildman–Crippen MR) is 205 cm³/mol. The van der Waals surface area contributed by atoms with Crippen molar-refractivity contribution in [3.05, 3.63) is 250 Å². The Morgan fingerprint density at radius 1 is 0.429 bits per heavy atom. The Morgan fingerprint density at radius 3 is 1.35 bits per heavy atom. The summed E-state index contributed by atoms with van der Waals surface area (Å²) in [4.78, 5) is 17.1. The van der Waals surface area contributed by atoms with E-state index in [9.17, 15) is 0 Å². The summed E-state index contributed by atoms with van der Waals surface area (Å²) in [6.45, 7) is -2.82. The van der Waals surface area contributed by atoms with Gasteiger partial charge < -0.3 is 0 Å². The van der Waals surface area contributed by atoms with Crippen LogP contribution in [0.5, 0.6) is 0 Å². The zero-order chi connectivity index (χ0) is 33.0. The summed E-state index contributed by atoms with van der Waals surface area (Å²) < 4.78 is 0. The molecule has 0 aromatic heterocycles. The summed E-state index contributed by atoms with van der Waals surface area (Å²) in [7, 11) is 0. The van der Waals surface area contributed by atoms with Gasteiger partial charge in [-0.1, -0.05) is 206 Å². The number of ketones is 1. The van der Waals surface area contributed by atoms with Crippen LogP contribution >= 0.6 is 6.89 Å². The monoisotopic (exact) mass is 646 g/mol. The van der Waals surface area contributed by atoms with Crippen molar-refractivity contribution in [2.45, 2.75) is 5.92 Å². The number of benzene rings is 7. The molecule has 0 fully saturated rings. The molecule has 0 radical (unpaired) electrons. The number of hydrogen-bond donors (Lipinski definition) is 0. The van der Waals surface area contributed by atoms with Gasteiger partial charge in [-0.15, -0.1) is 0 Å². The highest BCUT2D eigenvalue weighted by Gasteiger charge is 2.41. The van der Waals surface area contributed by atoms with E-state index >= 15 is 4.79 Å². The third-order valence-corrected chi connectivity index (χ3v) is 13.9. The van der Waals surface area contributed by atoms with Gasteiger partial charge in [-0.25, -0.2) is 0 Å². The zero-order valence-electron chi connectivity index (χ0n) is 27.1. The molecule has 1 heterocycles.